The lowest BCUT2D eigenvalue weighted by Gasteiger charge is -2.22. The summed E-state index contributed by atoms with van der Waals surface area (Å²) in [6.45, 7) is 7.95. The Bertz CT molecular complexity index is 1110. The van der Waals surface area contributed by atoms with Crippen molar-refractivity contribution in [2.45, 2.75) is 52.4 Å². The summed E-state index contributed by atoms with van der Waals surface area (Å²) < 4.78 is 12.9. The largest absolute Gasteiger partial charge is 0.453 e. The number of benzene rings is 1. The highest BCUT2D eigenvalue weighted by Crippen LogP contribution is 2.24. The Morgan fingerprint density at radius 3 is 2.82 bits per heavy atom. The predicted molar refractivity (Wildman–Crippen MR) is 130 cm³/mol. The fraction of sp³-hybridized carbons (Fsp3) is 0.480. The van der Waals surface area contributed by atoms with E-state index >= 15 is 0 Å². The molecule has 1 N–H and O–H groups in total. The number of hydrogen-bond acceptors (Lipinski definition) is 6. The van der Waals surface area contributed by atoms with Crippen LogP contribution in [-0.4, -0.2) is 45.8 Å². The maximum absolute atomic E-state index is 12.9. The lowest BCUT2D eigenvalue weighted by molar-refractivity contribution is 0.0892. The molecule has 0 fully saturated rings. The number of halogens is 1. The number of furan rings is 1. The van der Waals surface area contributed by atoms with Gasteiger partial charge in [-0.3, -0.25) is 9.69 Å². The normalized spacial score (nSPS) is 15.2. The van der Waals surface area contributed by atoms with Crippen molar-refractivity contribution in [1.29, 1.82) is 0 Å². The molecule has 3 heterocycles. The first-order valence-corrected chi connectivity index (χ1v) is 12.1. The van der Waals surface area contributed by atoms with Gasteiger partial charge in [0, 0.05) is 44.7 Å². The Balaban J connectivity index is 1.48. The van der Waals surface area contributed by atoms with E-state index in [9.17, 15) is 4.79 Å². The van der Waals surface area contributed by atoms with Crippen molar-refractivity contribution < 1.29 is 13.9 Å². The molecule has 9 heteroatoms. The average Bonchev–Trinajstić information content (AvgIpc) is 3.38. The van der Waals surface area contributed by atoms with Gasteiger partial charge in [0.1, 0.15) is 18.2 Å². The van der Waals surface area contributed by atoms with Crippen molar-refractivity contribution in [3.8, 4) is 0 Å². The first-order chi connectivity index (χ1) is 16.4. The summed E-state index contributed by atoms with van der Waals surface area (Å²) in [5.74, 6) is 2.73. The summed E-state index contributed by atoms with van der Waals surface area (Å²) in [7, 11) is 1.59. The van der Waals surface area contributed by atoms with Gasteiger partial charge in [0.2, 0.25) is 0 Å². The van der Waals surface area contributed by atoms with E-state index in [1.807, 2.05) is 18.2 Å². The fourth-order valence-corrected chi connectivity index (χ4v) is 4.56. The van der Waals surface area contributed by atoms with Crippen LogP contribution in [0.4, 0.5) is 0 Å². The molecule has 4 rings (SSSR count). The van der Waals surface area contributed by atoms with Crippen molar-refractivity contribution in [3.63, 3.8) is 0 Å². The molecular weight excluding hydrogens is 454 g/mol. The lowest BCUT2D eigenvalue weighted by Crippen LogP contribution is -2.32. The highest BCUT2D eigenvalue weighted by Gasteiger charge is 2.27. The summed E-state index contributed by atoms with van der Waals surface area (Å²) >= 11 is 6.16. The molecule has 1 aliphatic rings. The Morgan fingerprint density at radius 1 is 1.21 bits per heavy atom. The molecule has 0 saturated carbocycles. The van der Waals surface area contributed by atoms with Crippen molar-refractivity contribution in [2.75, 3.05) is 20.2 Å². The third-order valence-corrected chi connectivity index (χ3v) is 6.17. The van der Waals surface area contributed by atoms with E-state index in [-0.39, 0.29) is 17.7 Å². The van der Waals surface area contributed by atoms with Gasteiger partial charge in [-0.15, -0.1) is 10.2 Å². The van der Waals surface area contributed by atoms with Crippen LogP contribution in [0.25, 0.3) is 0 Å². The SMILES string of the molecule is COCc1ccc(C(=O)NC(CC(C)C)c2nnc3n2CCN(Cc2cccc(Cl)c2)CC3)o1. The van der Waals surface area contributed by atoms with Crippen LogP contribution in [0, 0.1) is 5.92 Å². The van der Waals surface area contributed by atoms with Crippen LogP contribution < -0.4 is 5.32 Å². The molecule has 1 aromatic carbocycles. The van der Waals surface area contributed by atoms with Gasteiger partial charge < -0.3 is 19.0 Å². The molecular formula is C25H32ClN5O3. The minimum atomic E-state index is -0.262. The second-order valence-electron chi connectivity index (χ2n) is 9.14. The summed E-state index contributed by atoms with van der Waals surface area (Å²) in [4.78, 5) is 15.3. The molecule has 0 aliphatic carbocycles. The second kappa shape index (κ2) is 11.2. The Hall–Kier alpha value is -2.68. The van der Waals surface area contributed by atoms with Crippen LogP contribution >= 0.6 is 11.6 Å². The molecule has 182 valence electrons. The zero-order valence-corrected chi connectivity index (χ0v) is 20.7. The van der Waals surface area contributed by atoms with Crippen LogP contribution in [0.5, 0.6) is 0 Å². The van der Waals surface area contributed by atoms with Gasteiger partial charge in [-0.25, -0.2) is 0 Å². The molecule has 8 nitrogen and oxygen atoms in total. The highest BCUT2D eigenvalue weighted by molar-refractivity contribution is 6.30. The number of carbonyl (C=O) groups is 1. The van der Waals surface area contributed by atoms with E-state index < -0.39 is 0 Å². The standard InChI is InChI=1S/C25H32ClN5O3/c1-17(2)13-21(27-25(32)22-8-7-20(34-22)16-33-3)24-29-28-23-9-10-30(11-12-31(23)24)15-18-5-4-6-19(26)14-18/h4-8,14,17,21H,9-13,15-16H2,1-3H3,(H,27,32). The van der Waals surface area contributed by atoms with Crippen LogP contribution in [0.2, 0.25) is 5.02 Å². The van der Waals surface area contributed by atoms with E-state index in [1.54, 1.807) is 19.2 Å². The second-order valence-corrected chi connectivity index (χ2v) is 9.57. The minimum Gasteiger partial charge on any atom is -0.453 e. The quantitative estimate of drug-likeness (QED) is 0.487. The van der Waals surface area contributed by atoms with Gasteiger partial charge in [-0.1, -0.05) is 37.6 Å². The third-order valence-electron chi connectivity index (χ3n) is 5.94. The molecule has 3 aromatic rings. The summed E-state index contributed by atoms with van der Waals surface area (Å²) in [6.07, 6.45) is 1.55. The van der Waals surface area contributed by atoms with Gasteiger partial charge in [-0.2, -0.15) is 0 Å². The number of carbonyl (C=O) groups excluding carboxylic acids is 1. The molecule has 0 spiro atoms. The third kappa shape index (κ3) is 6.05. The number of aromatic nitrogens is 3. The van der Waals surface area contributed by atoms with Crippen LogP contribution in [0.15, 0.2) is 40.8 Å². The van der Waals surface area contributed by atoms with E-state index in [0.29, 0.717) is 18.3 Å². The highest BCUT2D eigenvalue weighted by atomic mass is 35.5. The van der Waals surface area contributed by atoms with E-state index in [1.165, 1.54) is 5.56 Å². The van der Waals surface area contributed by atoms with Gasteiger partial charge >= 0.3 is 0 Å². The maximum Gasteiger partial charge on any atom is 0.287 e. The molecule has 1 atom stereocenters. The van der Waals surface area contributed by atoms with E-state index in [4.69, 9.17) is 20.8 Å². The smallest absolute Gasteiger partial charge is 0.287 e. The van der Waals surface area contributed by atoms with E-state index in [2.05, 4.69) is 44.9 Å². The number of nitrogens with zero attached hydrogens (tertiary/aromatic N) is 4. The lowest BCUT2D eigenvalue weighted by atomic mass is 10.0. The Labute approximate surface area is 205 Å². The van der Waals surface area contributed by atoms with Crippen LogP contribution in [0.3, 0.4) is 0 Å². The van der Waals surface area contributed by atoms with Crippen molar-refractivity contribution in [2.24, 2.45) is 5.92 Å². The topological polar surface area (TPSA) is 85.4 Å². The number of hydrogen-bond donors (Lipinski definition) is 1. The Morgan fingerprint density at radius 2 is 2.06 bits per heavy atom. The summed E-state index contributed by atoms with van der Waals surface area (Å²) in [5.41, 5.74) is 1.20. The molecule has 0 saturated heterocycles. The monoisotopic (exact) mass is 485 g/mol. The van der Waals surface area contributed by atoms with Crippen molar-refractivity contribution in [1.82, 2.24) is 25.0 Å². The number of nitrogens with one attached hydrogen (secondary N) is 1. The van der Waals surface area contributed by atoms with Crippen molar-refractivity contribution in [3.05, 3.63) is 70.2 Å². The van der Waals surface area contributed by atoms with Crippen LogP contribution in [0.1, 0.15) is 59.8 Å². The van der Waals surface area contributed by atoms with Gasteiger partial charge in [0.05, 0.1) is 6.04 Å². The first-order valence-electron chi connectivity index (χ1n) is 11.7. The zero-order chi connectivity index (χ0) is 24.1. The number of methoxy groups -OCH3 is 1. The van der Waals surface area contributed by atoms with Gasteiger partial charge in [-0.05, 0) is 42.2 Å². The molecule has 34 heavy (non-hydrogen) atoms. The molecule has 0 bridgehead atoms. The molecule has 1 aliphatic heterocycles. The van der Waals surface area contributed by atoms with Crippen LogP contribution in [-0.2, 0) is 30.9 Å². The van der Waals surface area contributed by atoms with Gasteiger partial charge in [0.15, 0.2) is 11.6 Å². The predicted octanol–water partition coefficient (Wildman–Crippen LogP) is 4.25. The molecule has 2 aromatic heterocycles. The number of ether oxygens (including phenoxy) is 1. The summed E-state index contributed by atoms with van der Waals surface area (Å²) in [5, 5.41) is 12.9. The average molecular weight is 486 g/mol. The molecule has 1 amide bonds. The maximum atomic E-state index is 12.9. The molecule has 0 radical (unpaired) electrons. The number of amides is 1. The van der Waals surface area contributed by atoms with Crippen molar-refractivity contribution >= 4 is 17.5 Å². The van der Waals surface area contributed by atoms with E-state index in [0.717, 1.165) is 55.7 Å². The zero-order valence-electron chi connectivity index (χ0n) is 20.0. The first kappa shape index (κ1) is 24.4. The fourth-order valence-electron chi connectivity index (χ4n) is 4.35. The summed E-state index contributed by atoms with van der Waals surface area (Å²) in [6, 6.07) is 11.2. The van der Waals surface area contributed by atoms with Gasteiger partial charge in [0.25, 0.3) is 5.91 Å². The number of rotatable bonds is 9. The number of fused-ring (bicyclic) bond motifs is 1. The Kier molecular flexibility index (Phi) is 8.03. The minimum absolute atomic E-state index is 0.260. The molecule has 1 unspecified atom stereocenters.